The molecule has 0 aliphatic heterocycles. The average molecular weight is 485 g/mol. The van der Waals surface area contributed by atoms with Gasteiger partial charge in [0.2, 0.25) is 5.95 Å². The summed E-state index contributed by atoms with van der Waals surface area (Å²) in [7, 11) is 0. The third-order valence-electron chi connectivity index (χ3n) is 5.60. The molecule has 0 amide bonds. The molecule has 0 radical (unpaired) electrons. The van der Waals surface area contributed by atoms with E-state index in [1.165, 1.54) is 36.4 Å². The zero-order chi connectivity index (χ0) is 25.2. The molecule has 1 heterocycles. The van der Waals surface area contributed by atoms with Crippen LogP contribution in [0.5, 0.6) is 5.75 Å². The number of alkyl halides is 3. The molecule has 1 N–H and O–H groups in total. The summed E-state index contributed by atoms with van der Waals surface area (Å²) in [5.41, 5.74) is 3.84. The van der Waals surface area contributed by atoms with Gasteiger partial charge in [0.15, 0.2) is 0 Å². The largest absolute Gasteiger partial charge is 0.573 e. The van der Waals surface area contributed by atoms with Crippen molar-refractivity contribution in [3.63, 3.8) is 0 Å². The second-order valence-corrected chi connectivity index (χ2v) is 8.26. The topological polar surface area (TPSA) is 56.1 Å². The normalized spacial score (nSPS) is 12.5. The number of imidazole rings is 1. The summed E-state index contributed by atoms with van der Waals surface area (Å²) in [5, 5.41) is 3.17. The van der Waals surface area contributed by atoms with E-state index in [4.69, 9.17) is 4.98 Å². The Kier molecular flexibility index (Phi) is 6.77. The summed E-state index contributed by atoms with van der Waals surface area (Å²) in [5.74, 6) is -0.108. The van der Waals surface area contributed by atoms with E-state index in [2.05, 4.69) is 10.1 Å². The van der Waals surface area contributed by atoms with Crippen molar-refractivity contribution >= 4 is 28.5 Å². The molecule has 0 bridgehead atoms. The first-order valence-corrected chi connectivity index (χ1v) is 11.0. The van der Waals surface area contributed by atoms with Crippen LogP contribution >= 0.6 is 0 Å². The van der Waals surface area contributed by atoms with Crippen molar-refractivity contribution < 1.29 is 27.1 Å². The number of carbonyl (C=O) groups is 1. The standard InChI is InChI=1S/C26H23F4N3O2/c1-16(34)3-4-18-5-14-24-23(15-18)32-25(33(24)17(2)19-6-8-20(27)9-7-19)31-21-10-12-22(13-11-21)35-26(28,29)30/h5-15,17H,3-4H2,1-2H3,(H,31,32)/t17-/m1/s1. The Balaban J connectivity index is 1.71. The van der Waals surface area contributed by atoms with Gasteiger partial charge in [-0.25, -0.2) is 9.37 Å². The number of benzene rings is 3. The number of hydrogen-bond acceptors (Lipinski definition) is 4. The molecular formula is C26H23F4N3O2. The summed E-state index contributed by atoms with van der Waals surface area (Å²) in [6.45, 7) is 3.49. The molecule has 4 aromatic rings. The van der Waals surface area contributed by atoms with Crippen LogP contribution in [0.2, 0.25) is 0 Å². The van der Waals surface area contributed by atoms with Gasteiger partial charge in [-0.05, 0) is 79.9 Å². The number of ketones is 1. The van der Waals surface area contributed by atoms with Gasteiger partial charge in [-0.1, -0.05) is 18.2 Å². The summed E-state index contributed by atoms with van der Waals surface area (Å²) < 4.78 is 56.8. The van der Waals surface area contributed by atoms with E-state index in [9.17, 15) is 22.4 Å². The van der Waals surface area contributed by atoms with Gasteiger partial charge >= 0.3 is 6.36 Å². The van der Waals surface area contributed by atoms with Gasteiger partial charge in [0.25, 0.3) is 0 Å². The van der Waals surface area contributed by atoms with Gasteiger partial charge in [-0.15, -0.1) is 13.2 Å². The predicted molar refractivity (Wildman–Crippen MR) is 125 cm³/mol. The molecule has 9 heteroatoms. The molecule has 1 aromatic heterocycles. The van der Waals surface area contributed by atoms with Crippen molar-refractivity contribution in [3.8, 4) is 5.75 Å². The zero-order valence-electron chi connectivity index (χ0n) is 19.1. The van der Waals surface area contributed by atoms with Crippen molar-refractivity contribution in [2.45, 2.75) is 39.1 Å². The lowest BCUT2D eigenvalue weighted by atomic mass is 10.1. The Labute approximate surface area is 199 Å². The maximum atomic E-state index is 13.5. The quantitative estimate of drug-likeness (QED) is 0.275. The van der Waals surface area contributed by atoms with Crippen molar-refractivity contribution in [2.24, 2.45) is 0 Å². The number of rotatable bonds is 8. The molecular weight excluding hydrogens is 462 g/mol. The van der Waals surface area contributed by atoms with Crippen LogP contribution < -0.4 is 10.1 Å². The molecule has 0 aliphatic carbocycles. The molecule has 4 rings (SSSR count). The predicted octanol–water partition coefficient (Wildman–Crippen LogP) is 6.95. The SMILES string of the molecule is CC(=O)CCc1ccc2c(c1)nc(Nc1ccc(OC(F)(F)F)cc1)n2[C@H](C)c1ccc(F)cc1. The Hall–Kier alpha value is -3.88. The highest BCUT2D eigenvalue weighted by molar-refractivity contribution is 5.81. The first-order valence-electron chi connectivity index (χ1n) is 11.0. The van der Waals surface area contributed by atoms with Gasteiger partial charge < -0.3 is 19.4 Å². The molecule has 5 nitrogen and oxygen atoms in total. The molecule has 1 atom stereocenters. The number of nitrogens with one attached hydrogen (secondary N) is 1. The summed E-state index contributed by atoms with van der Waals surface area (Å²) in [6.07, 6.45) is -3.75. The Morgan fingerprint density at radius 2 is 1.74 bits per heavy atom. The molecule has 0 unspecified atom stereocenters. The third kappa shape index (κ3) is 5.98. The van der Waals surface area contributed by atoms with E-state index in [-0.39, 0.29) is 23.4 Å². The van der Waals surface area contributed by atoms with E-state index in [0.717, 1.165) is 16.6 Å². The third-order valence-corrected chi connectivity index (χ3v) is 5.60. The van der Waals surface area contributed by atoms with Crippen molar-refractivity contribution in [1.82, 2.24) is 9.55 Å². The van der Waals surface area contributed by atoms with Gasteiger partial charge in [-0.3, -0.25) is 0 Å². The number of fused-ring (bicyclic) bond motifs is 1. The zero-order valence-corrected chi connectivity index (χ0v) is 19.1. The van der Waals surface area contributed by atoms with Crippen molar-refractivity contribution in [3.05, 3.63) is 83.7 Å². The number of ether oxygens (including phenoxy) is 1. The number of nitrogens with zero attached hydrogens (tertiary/aromatic N) is 2. The second kappa shape index (κ2) is 9.77. The van der Waals surface area contributed by atoms with Crippen molar-refractivity contribution in [1.29, 1.82) is 0 Å². The van der Waals surface area contributed by atoms with Crippen LogP contribution in [0.25, 0.3) is 11.0 Å². The highest BCUT2D eigenvalue weighted by Crippen LogP contribution is 2.32. The molecule has 35 heavy (non-hydrogen) atoms. The van der Waals surface area contributed by atoms with Crippen LogP contribution in [-0.4, -0.2) is 21.7 Å². The van der Waals surface area contributed by atoms with Gasteiger partial charge in [0.05, 0.1) is 17.1 Å². The minimum atomic E-state index is -4.77. The van der Waals surface area contributed by atoms with E-state index >= 15 is 0 Å². The summed E-state index contributed by atoms with van der Waals surface area (Å²) in [4.78, 5) is 16.1. The molecule has 0 aliphatic rings. The minimum absolute atomic E-state index is 0.0980. The van der Waals surface area contributed by atoms with Crippen LogP contribution in [0.4, 0.5) is 29.2 Å². The highest BCUT2D eigenvalue weighted by Gasteiger charge is 2.31. The number of aromatic nitrogens is 2. The Morgan fingerprint density at radius 1 is 1.06 bits per heavy atom. The summed E-state index contributed by atoms with van der Waals surface area (Å²) in [6, 6.07) is 17.1. The highest BCUT2D eigenvalue weighted by atomic mass is 19.4. The Bertz CT molecular complexity index is 1330. The number of halogens is 4. The van der Waals surface area contributed by atoms with Gasteiger partial charge in [0, 0.05) is 12.1 Å². The van der Waals surface area contributed by atoms with Crippen LogP contribution in [0.3, 0.4) is 0 Å². The van der Waals surface area contributed by atoms with Crippen LogP contribution in [0.1, 0.15) is 37.4 Å². The fourth-order valence-electron chi connectivity index (χ4n) is 3.86. The maximum absolute atomic E-state index is 13.5. The molecule has 0 saturated carbocycles. The molecule has 182 valence electrons. The van der Waals surface area contributed by atoms with E-state index in [1.54, 1.807) is 19.1 Å². The number of Topliss-reactive ketones (excluding diaryl/α,β-unsaturated/α-hetero) is 1. The molecule has 3 aromatic carbocycles. The van der Waals surface area contributed by atoms with Gasteiger partial charge in [0.1, 0.15) is 17.3 Å². The molecule has 0 spiro atoms. The van der Waals surface area contributed by atoms with Gasteiger partial charge in [-0.2, -0.15) is 0 Å². The van der Waals surface area contributed by atoms with Crippen molar-refractivity contribution in [2.75, 3.05) is 5.32 Å². The van der Waals surface area contributed by atoms with Crippen LogP contribution in [0, 0.1) is 5.82 Å². The number of aryl methyl sites for hydroxylation is 1. The number of hydrogen-bond donors (Lipinski definition) is 1. The second-order valence-electron chi connectivity index (χ2n) is 8.26. The van der Waals surface area contributed by atoms with E-state index in [0.29, 0.717) is 30.0 Å². The fourth-order valence-corrected chi connectivity index (χ4v) is 3.86. The smallest absolute Gasteiger partial charge is 0.406 e. The summed E-state index contributed by atoms with van der Waals surface area (Å²) >= 11 is 0. The Morgan fingerprint density at radius 3 is 2.37 bits per heavy atom. The lowest BCUT2D eigenvalue weighted by Gasteiger charge is -2.19. The van der Waals surface area contributed by atoms with E-state index < -0.39 is 6.36 Å². The van der Waals surface area contributed by atoms with Crippen LogP contribution in [-0.2, 0) is 11.2 Å². The average Bonchev–Trinajstić information content (AvgIpc) is 3.15. The lowest BCUT2D eigenvalue weighted by molar-refractivity contribution is -0.274. The minimum Gasteiger partial charge on any atom is -0.406 e. The first kappa shape index (κ1) is 24.3. The number of anilines is 2. The fraction of sp³-hybridized carbons (Fsp3) is 0.231. The monoisotopic (exact) mass is 485 g/mol. The molecule has 0 fully saturated rings. The maximum Gasteiger partial charge on any atom is 0.573 e. The number of carbonyl (C=O) groups excluding carboxylic acids is 1. The first-order chi connectivity index (χ1) is 16.6. The van der Waals surface area contributed by atoms with E-state index in [1.807, 2.05) is 29.7 Å². The van der Waals surface area contributed by atoms with Crippen LogP contribution in [0.15, 0.2) is 66.7 Å². The molecule has 0 saturated heterocycles. The lowest BCUT2D eigenvalue weighted by Crippen LogP contribution is -2.17.